The summed E-state index contributed by atoms with van der Waals surface area (Å²) in [6, 6.07) is 2.84. The molecular formula is C11H9F3N2O3. The summed E-state index contributed by atoms with van der Waals surface area (Å²) in [5, 5.41) is 12.1. The lowest BCUT2D eigenvalue weighted by atomic mass is 10.2. The van der Waals surface area contributed by atoms with Crippen molar-refractivity contribution in [2.24, 2.45) is 0 Å². The van der Waals surface area contributed by atoms with Crippen LogP contribution in [0.5, 0.6) is 0 Å². The van der Waals surface area contributed by atoms with E-state index in [0.717, 1.165) is 16.9 Å². The van der Waals surface area contributed by atoms with Gasteiger partial charge in [-0.15, -0.1) is 0 Å². The van der Waals surface area contributed by atoms with Gasteiger partial charge in [0.25, 0.3) is 0 Å². The van der Waals surface area contributed by atoms with E-state index in [9.17, 15) is 18.0 Å². The molecule has 5 nitrogen and oxygen atoms in total. The standard InChI is InChI=1S/C11H9F3N2O3/c1-6(7-2-3-8(19-7)10(17)18)16-5-4-9(15-16)11(12,13)14/h2-6H,1H3,(H,17,18). The van der Waals surface area contributed by atoms with Crippen molar-refractivity contribution in [3.05, 3.63) is 41.6 Å². The van der Waals surface area contributed by atoms with Crippen LogP contribution in [-0.2, 0) is 6.18 Å². The van der Waals surface area contributed by atoms with E-state index in [2.05, 4.69) is 5.10 Å². The maximum Gasteiger partial charge on any atom is 0.435 e. The monoisotopic (exact) mass is 274 g/mol. The van der Waals surface area contributed by atoms with Crippen molar-refractivity contribution in [1.29, 1.82) is 0 Å². The van der Waals surface area contributed by atoms with Crippen molar-refractivity contribution < 1.29 is 27.5 Å². The number of hydrogen-bond acceptors (Lipinski definition) is 3. The molecule has 2 heterocycles. The second-order valence-electron chi connectivity index (χ2n) is 3.86. The summed E-state index contributed by atoms with van der Waals surface area (Å²) < 4.78 is 43.3. The molecule has 1 atom stereocenters. The smallest absolute Gasteiger partial charge is 0.435 e. The second-order valence-corrected chi connectivity index (χ2v) is 3.86. The van der Waals surface area contributed by atoms with Gasteiger partial charge in [-0.1, -0.05) is 0 Å². The lowest BCUT2D eigenvalue weighted by Crippen LogP contribution is -2.11. The normalized spacial score (nSPS) is 13.5. The van der Waals surface area contributed by atoms with Crippen LogP contribution < -0.4 is 0 Å². The molecule has 2 rings (SSSR count). The minimum absolute atomic E-state index is 0.217. The van der Waals surface area contributed by atoms with Crippen molar-refractivity contribution >= 4 is 5.97 Å². The van der Waals surface area contributed by atoms with Gasteiger partial charge >= 0.3 is 12.1 Å². The van der Waals surface area contributed by atoms with Crippen LogP contribution in [-0.4, -0.2) is 20.9 Å². The predicted octanol–water partition coefficient (Wildman–Crippen LogP) is 2.80. The molecule has 2 aromatic heterocycles. The summed E-state index contributed by atoms with van der Waals surface area (Å²) in [5.74, 6) is -1.30. The van der Waals surface area contributed by atoms with Crippen molar-refractivity contribution in [3.63, 3.8) is 0 Å². The first-order chi connectivity index (χ1) is 8.79. The van der Waals surface area contributed by atoms with Crippen LogP contribution in [0.15, 0.2) is 28.8 Å². The first kappa shape index (κ1) is 13.2. The zero-order valence-corrected chi connectivity index (χ0v) is 9.68. The average Bonchev–Trinajstić information content (AvgIpc) is 2.97. The van der Waals surface area contributed by atoms with Crippen molar-refractivity contribution in [2.75, 3.05) is 0 Å². The quantitative estimate of drug-likeness (QED) is 0.934. The summed E-state index contributed by atoms with van der Waals surface area (Å²) in [7, 11) is 0. The molecular weight excluding hydrogens is 265 g/mol. The molecule has 2 aromatic rings. The molecule has 0 aliphatic heterocycles. The van der Waals surface area contributed by atoms with E-state index in [1.54, 1.807) is 6.92 Å². The summed E-state index contributed by atoms with van der Waals surface area (Å²) in [6.45, 7) is 1.55. The Labute approximate surface area is 105 Å². The third-order valence-corrected chi connectivity index (χ3v) is 2.54. The first-order valence-corrected chi connectivity index (χ1v) is 5.24. The zero-order chi connectivity index (χ0) is 14.2. The molecule has 0 aliphatic rings. The van der Waals surface area contributed by atoms with Gasteiger partial charge in [0.2, 0.25) is 5.76 Å². The minimum Gasteiger partial charge on any atom is -0.475 e. The van der Waals surface area contributed by atoms with Crippen LogP contribution in [0.4, 0.5) is 13.2 Å². The Bertz CT molecular complexity index is 600. The molecule has 0 radical (unpaired) electrons. The van der Waals surface area contributed by atoms with Crippen LogP contribution in [0, 0.1) is 0 Å². The van der Waals surface area contributed by atoms with Crippen molar-refractivity contribution in [1.82, 2.24) is 9.78 Å². The van der Waals surface area contributed by atoms with E-state index in [-0.39, 0.29) is 11.5 Å². The SMILES string of the molecule is CC(c1ccc(C(=O)O)o1)n1ccc(C(F)(F)F)n1. The maximum absolute atomic E-state index is 12.4. The topological polar surface area (TPSA) is 68.3 Å². The lowest BCUT2D eigenvalue weighted by Gasteiger charge is -2.09. The molecule has 0 amide bonds. The van der Waals surface area contributed by atoms with Gasteiger partial charge in [-0.3, -0.25) is 4.68 Å². The number of rotatable bonds is 3. The number of carbonyl (C=O) groups is 1. The summed E-state index contributed by atoms with van der Waals surface area (Å²) >= 11 is 0. The highest BCUT2D eigenvalue weighted by molar-refractivity contribution is 5.84. The van der Waals surface area contributed by atoms with Crippen molar-refractivity contribution in [3.8, 4) is 0 Å². The number of halogens is 3. The molecule has 0 fully saturated rings. The number of alkyl halides is 3. The third-order valence-electron chi connectivity index (χ3n) is 2.54. The molecule has 19 heavy (non-hydrogen) atoms. The van der Waals surface area contributed by atoms with Crippen LogP contribution in [0.25, 0.3) is 0 Å². The molecule has 1 N–H and O–H groups in total. The maximum atomic E-state index is 12.4. The van der Waals surface area contributed by atoms with Gasteiger partial charge < -0.3 is 9.52 Å². The van der Waals surface area contributed by atoms with Crippen LogP contribution in [0.2, 0.25) is 0 Å². The zero-order valence-electron chi connectivity index (χ0n) is 9.68. The average molecular weight is 274 g/mol. The van der Waals surface area contributed by atoms with E-state index in [1.807, 2.05) is 0 Å². The summed E-state index contributed by atoms with van der Waals surface area (Å²) in [5.41, 5.74) is -1.01. The molecule has 1 unspecified atom stereocenters. The van der Waals surface area contributed by atoms with E-state index in [4.69, 9.17) is 9.52 Å². The highest BCUT2D eigenvalue weighted by Crippen LogP contribution is 2.29. The van der Waals surface area contributed by atoms with Crippen molar-refractivity contribution in [2.45, 2.75) is 19.1 Å². The van der Waals surface area contributed by atoms with Gasteiger partial charge in [-0.05, 0) is 25.1 Å². The lowest BCUT2D eigenvalue weighted by molar-refractivity contribution is -0.141. The Morgan fingerprint density at radius 1 is 1.42 bits per heavy atom. The second kappa shape index (κ2) is 4.45. The Morgan fingerprint density at radius 3 is 2.58 bits per heavy atom. The number of carboxylic acid groups (broad SMARTS) is 1. The Morgan fingerprint density at radius 2 is 2.11 bits per heavy atom. The number of aromatic nitrogens is 2. The summed E-state index contributed by atoms with van der Waals surface area (Å²) in [6.07, 6.45) is -3.35. The van der Waals surface area contributed by atoms with Crippen LogP contribution in [0.3, 0.4) is 0 Å². The first-order valence-electron chi connectivity index (χ1n) is 5.24. The summed E-state index contributed by atoms with van der Waals surface area (Å²) in [4.78, 5) is 10.6. The van der Waals surface area contributed by atoms with E-state index >= 15 is 0 Å². The molecule has 0 aliphatic carbocycles. The molecule has 0 saturated heterocycles. The Kier molecular flexibility index (Phi) is 3.09. The van der Waals surface area contributed by atoms with Gasteiger partial charge in [0, 0.05) is 6.20 Å². The van der Waals surface area contributed by atoms with Gasteiger partial charge in [0.1, 0.15) is 11.8 Å². The van der Waals surface area contributed by atoms with Gasteiger partial charge in [0.05, 0.1) is 0 Å². The number of aromatic carboxylic acids is 1. The Hall–Kier alpha value is -2.25. The van der Waals surface area contributed by atoms with Gasteiger partial charge in [-0.2, -0.15) is 18.3 Å². The molecule has 0 aromatic carbocycles. The van der Waals surface area contributed by atoms with Crippen LogP contribution >= 0.6 is 0 Å². The molecule has 0 spiro atoms. The molecule has 0 bridgehead atoms. The fourth-order valence-corrected chi connectivity index (χ4v) is 1.53. The third kappa shape index (κ3) is 2.61. The molecule has 8 heteroatoms. The number of hydrogen-bond donors (Lipinski definition) is 1. The van der Waals surface area contributed by atoms with Gasteiger partial charge in [0.15, 0.2) is 5.69 Å². The largest absolute Gasteiger partial charge is 0.475 e. The van der Waals surface area contributed by atoms with E-state index < -0.39 is 23.9 Å². The van der Waals surface area contributed by atoms with E-state index in [0.29, 0.717) is 0 Å². The van der Waals surface area contributed by atoms with E-state index in [1.165, 1.54) is 12.1 Å². The number of furan rings is 1. The fraction of sp³-hybridized carbons (Fsp3) is 0.273. The van der Waals surface area contributed by atoms with Crippen LogP contribution in [0.1, 0.15) is 35.0 Å². The highest BCUT2D eigenvalue weighted by atomic mass is 19.4. The fourth-order valence-electron chi connectivity index (χ4n) is 1.53. The highest BCUT2D eigenvalue weighted by Gasteiger charge is 2.34. The molecule has 0 saturated carbocycles. The number of nitrogens with zero attached hydrogens (tertiary/aromatic N) is 2. The molecule has 102 valence electrons. The Balaban J connectivity index is 2.26. The number of carboxylic acids is 1. The predicted molar refractivity (Wildman–Crippen MR) is 56.7 cm³/mol. The van der Waals surface area contributed by atoms with Gasteiger partial charge in [-0.25, -0.2) is 4.79 Å². The minimum atomic E-state index is -4.51.